The van der Waals surface area contributed by atoms with Crippen LogP contribution in [0.25, 0.3) is 0 Å². The summed E-state index contributed by atoms with van der Waals surface area (Å²) in [6.07, 6.45) is 2.34. The summed E-state index contributed by atoms with van der Waals surface area (Å²) >= 11 is 1.17. The highest BCUT2D eigenvalue weighted by Gasteiger charge is 2.20. The van der Waals surface area contributed by atoms with E-state index in [0.29, 0.717) is 5.16 Å². The van der Waals surface area contributed by atoms with Gasteiger partial charge >= 0.3 is 5.97 Å². The van der Waals surface area contributed by atoms with Crippen LogP contribution in [0.4, 0.5) is 0 Å². The van der Waals surface area contributed by atoms with Gasteiger partial charge in [-0.2, -0.15) is 0 Å². The lowest BCUT2D eigenvalue weighted by Gasteiger charge is -2.15. The summed E-state index contributed by atoms with van der Waals surface area (Å²) in [6.45, 7) is 3.97. The second-order valence-electron chi connectivity index (χ2n) is 4.00. The molecule has 1 unspecified atom stereocenters. The van der Waals surface area contributed by atoms with E-state index in [-0.39, 0.29) is 11.8 Å². The van der Waals surface area contributed by atoms with Crippen molar-refractivity contribution in [1.29, 1.82) is 0 Å². The molecule has 0 aliphatic heterocycles. The van der Waals surface area contributed by atoms with E-state index in [1.807, 2.05) is 30.5 Å². The SMILES string of the molecule is CCc1nnc(SCC(=O)O)n1C(C)c1ccco1. The number of aliphatic carboxylic acids is 1. The summed E-state index contributed by atoms with van der Waals surface area (Å²) in [5, 5.41) is 17.5. The first-order valence-corrected chi connectivity index (χ1v) is 6.93. The number of aromatic nitrogens is 3. The molecule has 0 radical (unpaired) electrons. The van der Waals surface area contributed by atoms with E-state index in [0.717, 1.165) is 18.0 Å². The zero-order chi connectivity index (χ0) is 13.8. The molecule has 0 amide bonds. The first kappa shape index (κ1) is 13.7. The van der Waals surface area contributed by atoms with Crippen LogP contribution in [0.3, 0.4) is 0 Å². The predicted octanol–water partition coefficient (Wildman–Crippen LogP) is 2.22. The van der Waals surface area contributed by atoms with Gasteiger partial charge in [0.2, 0.25) is 0 Å². The zero-order valence-electron chi connectivity index (χ0n) is 10.7. The topological polar surface area (TPSA) is 81.1 Å². The quantitative estimate of drug-likeness (QED) is 0.818. The molecule has 19 heavy (non-hydrogen) atoms. The van der Waals surface area contributed by atoms with Gasteiger partial charge in [0.1, 0.15) is 11.6 Å². The third kappa shape index (κ3) is 2.98. The minimum Gasteiger partial charge on any atom is -0.481 e. The summed E-state index contributed by atoms with van der Waals surface area (Å²) < 4.78 is 7.32. The Hall–Kier alpha value is -1.76. The fourth-order valence-electron chi connectivity index (χ4n) is 1.82. The maximum atomic E-state index is 10.7. The smallest absolute Gasteiger partial charge is 0.313 e. The van der Waals surface area contributed by atoms with Crippen LogP contribution in [0.15, 0.2) is 28.0 Å². The van der Waals surface area contributed by atoms with Gasteiger partial charge in [0.15, 0.2) is 5.16 Å². The average Bonchev–Trinajstić information content (AvgIpc) is 3.04. The molecular formula is C12H15N3O3S. The largest absolute Gasteiger partial charge is 0.481 e. The average molecular weight is 281 g/mol. The highest BCUT2D eigenvalue weighted by molar-refractivity contribution is 7.99. The number of carbonyl (C=O) groups is 1. The summed E-state index contributed by atoms with van der Waals surface area (Å²) in [6, 6.07) is 3.65. The standard InChI is InChI=1S/C12H15N3O3S/c1-3-10-13-14-12(19-7-11(16)17)15(10)8(2)9-5-4-6-18-9/h4-6,8H,3,7H2,1-2H3,(H,16,17). The molecule has 0 saturated heterocycles. The van der Waals surface area contributed by atoms with E-state index in [1.54, 1.807) is 6.26 Å². The molecule has 1 N–H and O–H groups in total. The number of rotatable bonds is 6. The molecule has 0 aromatic carbocycles. The van der Waals surface area contributed by atoms with Crippen molar-refractivity contribution >= 4 is 17.7 Å². The Morgan fingerprint density at radius 2 is 2.37 bits per heavy atom. The number of carboxylic acid groups (broad SMARTS) is 1. The molecule has 0 spiro atoms. The minimum atomic E-state index is -0.872. The maximum absolute atomic E-state index is 10.7. The first-order chi connectivity index (χ1) is 9.13. The number of aryl methyl sites for hydroxylation is 1. The Morgan fingerprint density at radius 1 is 1.58 bits per heavy atom. The molecule has 0 saturated carbocycles. The second kappa shape index (κ2) is 5.92. The Kier molecular flexibility index (Phi) is 4.26. The minimum absolute atomic E-state index is 0.0350. The lowest BCUT2D eigenvalue weighted by Crippen LogP contribution is -2.12. The third-order valence-corrected chi connectivity index (χ3v) is 3.65. The lowest BCUT2D eigenvalue weighted by molar-refractivity contribution is -0.133. The van der Waals surface area contributed by atoms with Crippen molar-refractivity contribution in [1.82, 2.24) is 14.8 Å². The first-order valence-electron chi connectivity index (χ1n) is 5.95. The number of furan rings is 1. The Morgan fingerprint density at radius 3 is 2.95 bits per heavy atom. The van der Waals surface area contributed by atoms with Crippen LogP contribution in [0.1, 0.15) is 31.5 Å². The van der Waals surface area contributed by atoms with Gasteiger partial charge < -0.3 is 9.52 Å². The molecule has 2 aromatic rings. The predicted molar refractivity (Wildman–Crippen MR) is 70.3 cm³/mol. The molecule has 0 bridgehead atoms. The molecule has 2 aromatic heterocycles. The van der Waals surface area contributed by atoms with Crippen molar-refractivity contribution in [3.05, 3.63) is 30.0 Å². The lowest BCUT2D eigenvalue weighted by atomic mass is 10.2. The third-order valence-electron chi connectivity index (χ3n) is 2.72. The summed E-state index contributed by atoms with van der Waals surface area (Å²) in [7, 11) is 0. The molecule has 102 valence electrons. The van der Waals surface area contributed by atoms with Crippen molar-refractivity contribution in [3.8, 4) is 0 Å². The normalized spacial score (nSPS) is 12.5. The number of carboxylic acids is 1. The van der Waals surface area contributed by atoms with Gasteiger partial charge in [-0.1, -0.05) is 18.7 Å². The molecule has 6 nitrogen and oxygen atoms in total. The van der Waals surface area contributed by atoms with Gasteiger partial charge in [0.05, 0.1) is 18.1 Å². The van der Waals surface area contributed by atoms with Crippen molar-refractivity contribution in [2.24, 2.45) is 0 Å². The van der Waals surface area contributed by atoms with E-state index < -0.39 is 5.97 Å². The Labute approximate surface area is 114 Å². The number of nitrogens with zero attached hydrogens (tertiary/aromatic N) is 3. The van der Waals surface area contributed by atoms with Crippen molar-refractivity contribution in [3.63, 3.8) is 0 Å². The summed E-state index contributed by atoms with van der Waals surface area (Å²) in [5.41, 5.74) is 0. The fourth-order valence-corrected chi connectivity index (χ4v) is 2.57. The van der Waals surface area contributed by atoms with Crippen LogP contribution >= 0.6 is 11.8 Å². The number of hydrogen-bond acceptors (Lipinski definition) is 5. The van der Waals surface area contributed by atoms with E-state index in [4.69, 9.17) is 9.52 Å². The van der Waals surface area contributed by atoms with E-state index >= 15 is 0 Å². The molecule has 0 fully saturated rings. The van der Waals surface area contributed by atoms with Gasteiger partial charge in [0.25, 0.3) is 0 Å². The van der Waals surface area contributed by atoms with Gasteiger partial charge in [-0.3, -0.25) is 9.36 Å². The van der Waals surface area contributed by atoms with E-state index in [9.17, 15) is 4.79 Å². The fraction of sp³-hybridized carbons (Fsp3) is 0.417. The molecule has 2 rings (SSSR count). The van der Waals surface area contributed by atoms with Gasteiger partial charge in [-0.15, -0.1) is 10.2 Å². The highest BCUT2D eigenvalue weighted by Crippen LogP contribution is 2.26. The summed E-state index contributed by atoms with van der Waals surface area (Å²) in [5.74, 6) is 0.707. The number of hydrogen-bond donors (Lipinski definition) is 1. The molecule has 0 aliphatic carbocycles. The van der Waals surface area contributed by atoms with Gasteiger partial charge in [-0.25, -0.2) is 0 Å². The summed E-state index contributed by atoms with van der Waals surface area (Å²) in [4.78, 5) is 10.7. The Bertz CT molecular complexity index is 551. The molecule has 1 atom stereocenters. The second-order valence-corrected chi connectivity index (χ2v) is 4.94. The zero-order valence-corrected chi connectivity index (χ0v) is 11.6. The van der Waals surface area contributed by atoms with Crippen LogP contribution in [-0.2, 0) is 11.2 Å². The van der Waals surface area contributed by atoms with Crippen LogP contribution in [0.2, 0.25) is 0 Å². The van der Waals surface area contributed by atoms with E-state index in [1.165, 1.54) is 11.8 Å². The monoisotopic (exact) mass is 281 g/mol. The van der Waals surface area contributed by atoms with Crippen LogP contribution in [0, 0.1) is 0 Å². The molecular weight excluding hydrogens is 266 g/mol. The van der Waals surface area contributed by atoms with Crippen LogP contribution in [0.5, 0.6) is 0 Å². The van der Waals surface area contributed by atoms with Gasteiger partial charge in [-0.05, 0) is 19.1 Å². The Balaban J connectivity index is 2.30. The van der Waals surface area contributed by atoms with Crippen molar-refractivity contribution in [2.45, 2.75) is 31.5 Å². The van der Waals surface area contributed by atoms with E-state index in [2.05, 4.69) is 10.2 Å². The molecule has 0 aliphatic rings. The van der Waals surface area contributed by atoms with Crippen molar-refractivity contribution in [2.75, 3.05) is 5.75 Å². The highest BCUT2D eigenvalue weighted by atomic mass is 32.2. The van der Waals surface area contributed by atoms with Gasteiger partial charge in [0, 0.05) is 6.42 Å². The molecule has 7 heteroatoms. The van der Waals surface area contributed by atoms with Crippen molar-refractivity contribution < 1.29 is 14.3 Å². The molecule has 2 heterocycles. The maximum Gasteiger partial charge on any atom is 0.313 e. The number of thioether (sulfide) groups is 1. The van der Waals surface area contributed by atoms with Crippen LogP contribution < -0.4 is 0 Å². The van der Waals surface area contributed by atoms with Crippen LogP contribution in [-0.4, -0.2) is 31.6 Å².